The van der Waals surface area contributed by atoms with Gasteiger partial charge in [0, 0.05) is 12.5 Å². The van der Waals surface area contributed by atoms with Crippen molar-refractivity contribution in [2.45, 2.75) is 23.0 Å². The van der Waals surface area contributed by atoms with E-state index in [9.17, 15) is 0 Å². The predicted octanol–water partition coefficient (Wildman–Crippen LogP) is 2.86. The van der Waals surface area contributed by atoms with E-state index in [-0.39, 0.29) is 0 Å². The zero-order valence-electron chi connectivity index (χ0n) is 7.12. The highest BCUT2D eigenvalue weighted by Crippen LogP contribution is 2.33. The summed E-state index contributed by atoms with van der Waals surface area (Å²) in [5, 5.41) is 4.62. The first-order valence-electron chi connectivity index (χ1n) is 4.35. The van der Waals surface area contributed by atoms with Crippen LogP contribution >= 0.6 is 33.0 Å². The van der Waals surface area contributed by atoms with Gasteiger partial charge in [0.1, 0.15) is 0 Å². The Balaban J connectivity index is 2.05. The van der Waals surface area contributed by atoms with Gasteiger partial charge in [0.25, 0.3) is 0 Å². The van der Waals surface area contributed by atoms with E-state index in [2.05, 4.69) is 10.3 Å². The van der Waals surface area contributed by atoms with Gasteiger partial charge in [-0.15, -0.1) is 11.3 Å². The van der Waals surface area contributed by atoms with Gasteiger partial charge in [-0.25, -0.2) is 4.98 Å². The van der Waals surface area contributed by atoms with Crippen molar-refractivity contribution in [2.24, 2.45) is 0 Å². The van der Waals surface area contributed by atoms with E-state index in [1.807, 2.05) is 6.20 Å². The Labute approximate surface area is 90.6 Å². The number of nitrogens with one attached hydrogen (secondary N) is 1. The summed E-state index contributed by atoms with van der Waals surface area (Å²) in [6, 6.07) is 0. The molecule has 1 unspecified atom stereocenters. The normalized spacial score (nSPS) is 23.3. The van der Waals surface area contributed by atoms with E-state index >= 15 is 0 Å². The van der Waals surface area contributed by atoms with Crippen LogP contribution in [-0.2, 0) is 0 Å². The largest absolute Gasteiger partial charge is 0.316 e. The first kappa shape index (κ1) is 9.77. The second kappa shape index (κ2) is 4.64. The molecule has 2 nitrogen and oxygen atoms in total. The molecule has 13 heavy (non-hydrogen) atoms. The zero-order valence-corrected chi connectivity index (χ0v) is 9.51. The molecule has 0 spiro atoms. The van der Waals surface area contributed by atoms with Crippen LogP contribution in [-0.4, -0.2) is 18.1 Å². The molecule has 1 N–H and O–H groups in total. The van der Waals surface area contributed by atoms with Gasteiger partial charge in [-0.05, 0) is 41.0 Å². The molecule has 1 fully saturated rings. The van der Waals surface area contributed by atoms with Gasteiger partial charge in [0.15, 0.2) is 0 Å². The second-order valence-electron chi connectivity index (χ2n) is 3.14. The Kier molecular flexibility index (Phi) is 3.49. The van der Waals surface area contributed by atoms with Gasteiger partial charge in [-0.1, -0.05) is 0 Å². The third kappa shape index (κ3) is 2.37. The van der Waals surface area contributed by atoms with Crippen molar-refractivity contribution < 1.29 is 0 Å². The lowest BCUT2D eigenvalue weighted by Gasteiger charge is -2.20. The van der Waals surface area contributed by atoms with E-state index < -0.39 is 0 Å². The molecule has 0 bridgehead atoms. The summed E-state index contributed by atoms with van der Waals surface area (Å²) in [6.45, 7) is 2.22. The number of hydrogen-bond donors (Lipinski definition) is 1. The van der Waals surface area contributed by atoms with Crippen LogP contribution in [0, 0.1) is 0 Å². The molecule has 0 radical (unpaired) electrons. The third-order valence-corrected chi connectivity index (χ3v) is 4.71. The molecule has 72 valence electrons. The highest BCUT2D eigenvalue weighted by atomic mass is 35.7. The number of halogens is 1. The smallest absolute Gasteiger partial charge is 0.0980 e. The Morgan fingerprint density at radius 3 is 3.23 bits per heavy atom. The van der Waals surface area contributed by atoms with E-state index in [4.69, 9.17) is 10.7 Å². The number of aromatic nitrogens is 1. The number of hydrogen-bond acceptors (Lipinski definition) is 4. The Morgan fingerprint density at radius 1 is 1.69 bits per heavy atom. The van der Waals surface area contributed by atoms with Crippen molar-refractivity contribution in [1.29, 1.82) is 0 Å². The molecule has 2 heterocycles. The van der Waals surface area contributed by atoms with Crippen LogP contribution in [0.1, 0.15) is 23.8 Å². The van der Waals surface area contributed by atoms with Crippen molar-refractivity contribution in [3.8, 4) is 0 Å². The van der Waals surface area contributed by atoms with Crippen LogP contribution in [0.3, 0.4) is 0 Å². The van der Waals surface area contributed by atoms with Gasteiger partial charge >= 0.3 is 0 Å². The molecule has 1 aliphatic heterocycles. The maximum atomic E-state index is 5.65. The molecule has 1 aliphatic rings. The highest BCUT2D eigenvalue weighted by molar-refractivity contribution is 8.22. The lowest BCUT2D eigenvalue weighted by Crippen LogP contribution is -2.28. The average Bonchev–Trinajstić information content (AvgIpc) is 2.67. The molecule has 2 rings (SSSR count). The Morgan fingerprint density at radius 2 is 2.62 bits per heavy atom. The van der Waals surface area contributed by atoms with Crippen molar-refractivity contribution in [1.82, 2.24) is 10.3 Å². The van der Waals surface area contributed by atoms with E-state index in [0.29, 0.717) is 5.92 Å². The van der Waals surface area contributed by atoms with E-state index in [1.165, 1.54) is 28.8 Å². The minimum atomic E-state index is 0.608. The van der Waals surface area contributed by atoms with Gasteiger partial charge < -0.3 is 5.32 Å². The van der Waals surface area contributed by atoms with E-state index in [0.717, 1.165) is 17.3 Å². The topological polar surface area (TPSA) is 24.9 Å². The molecule has 0 aliphatic carbocycles. The number of thiazole rings is 1. The fourth-order valence-corrected chi connectivity index (χ4v) is 3.22. The minimum absolute atomic E-state index is 0.608. The maximum Gasteiger partial charge on any atom is 0.0980 e. The first-order chi connectivity index (χ1) is 6.40. The van der Waals surface area contributed by atoms with Crippen LogP contribution in [0.2, 0.25) is 0 Å². The Bertz CT molecular complexity index is 271. The Hall–Kier alpha value is 0.230. The molecular formula is C8H11ClN2S2. The summed E-state index contributed by atoms with van der Waals surface area (Å²) >= 11 is 1.72. The molecule has 1 aromatic heterocycles. The fourth-order valence-electron chi connectivity index (χ4n) is 1.56. The molecule has 1 aromatic rings. The lowest BCUT2D eigenvalue weighted by atomic mass is 10.0. The van der Waals surface area contributed by atoms with Crippen molar-refractivity contribution in [3.05, 3.63) is 11.2 Å². The number of piperidine rings is 1. The zero-order chi connectivity index (χ0) is 9.10. The second-order valence-corrected chi connectivity index (χ2v) is 5.52. The summed E-state index contributed by atoms with van der Waals surface area (Å²) in [6.07, 6.45) is 4.38. The monoisotopic (exact) mass is 234 g/mol. The predicted molar refractivity (Wildman–Crippen MR) is 58.7 cm³/mol. The third-order valence-electron chi connectivity index (χ3n) is 2.22. The SMILES string of the molecule is ClSc1cnc(C2CCCNC2)s1. The first-order valence-corrected chi connectivity index (χ1v) is 6.81. The average molecular weight is 235 g/mol. The van der Waals surface area contributed by atoms with Crippen LogP contribution in [0.4, 0.5) is 0 Å². The molecule has 0 aromatic carbocycles. The number of nitrogens with zero attached hydrogens (tertiary/aromatic N) is 1. The van der Waals surface area contributed by atoms with Gasteiger partial charge in [-0.2, -0.15) is 0 Å². The summed E-state index contributed by atoms with van der Waals surface area (Å²) in [4.78, 5) is 4.38. The van der Waals surface area contributed by atoms with Crippen LogP contribution < -0.4 is 5.32 Å². The summed E-state index contributed by atoms with van der Waals surface area (Å²) in [5.41, 5.74) is 0. The van der Waals surface area contributed by atoms with Gasteiger partial charge in [0.2, 0.25) is 0 Å². The van der Waals surface area contributed by atoms with Crippen molar-refractivity contribution in [2.75, 3.05) is 13.1 Å². The quantitative estimate of drug-likeness (QED) is 0.852. The standard InChI is InChI=1S/C8H11ClN2S2/c9-13-7-5-11-8(12-7)6-2-1-3-10-4-6/h5-6,10H,1-4H2. The maximum absolute atomic E-state index is 5.65. The minimum Gasteiger partial charge on any atom is -0.316 e. The summed E-state index contributed by atoms with van der Waals surface area (Å²) in [5.74, 6) is 0.608. The summed E-state index contributed by atoms with van der Waals surface area (Å²) < 4.78 is 1.10. The molecule has 1 saturated heterocycles. The van der Waals surface area contributed by atoms with Crippen LogP contribution in [0.25, 0.3) is 0 Å². The molecule has 1 atom stereocenters. The van der Waals surface area contributed by atoms with Gasteiger partial charge in [0.05, 0.1) is 15.4 Å². The molecule has 0 saturated carbocycles. The van der Waals surface area contributed by atoms with Crippen molar-refractivity contribution in [3.63, 3.8) is 0 Å². The highest BCUT2D eigenvalue weighted by Gasteiger charge is 2.18. The van der Waals surface area contributed by atoms with Crippen molar-refractivity contribution >= 4 is 33.0 Å². The molecule has 0 amide bonds. The summed E-state index contributed by atoms with van der Waals surface area (Å²) in [7, 11) is 6.91. The molecular weight excluding hydrogens is 224 g/mol. The lowest BCUT2D eigenvalue weighted by molar-refractivity contribution is 0.460. The number of rotatable bonds is 2. The molecule has 5 heteroatoms. The van der Waals surface area contributed by atoms with Gasteiger partial charge in [-0.3, -0.25) is 0 Å². The van der Waals surface area contributed by atoms with Crippen LogP contribution in [0.5, 0.6) is 0 Å². The van der Waals surface area contributed by atoms with E-state index in [1.54, 1.807) is 11.3 Å². The fraction of sp³-hybridized carbons (Fsp3) is 0.625. The van der Waals surface area contributed by atoms with Crippen LogP contribution in [0.15, 0.2) is 10.4 Å².